The van der Waals surface area contributed by atoms with Gasteiger partial charge in [-0.25, -0.2) is 4.99 Å². The lowest BCUT2D eigenvalue weighted by molar-refractivity contribution is -0.458. The van der Waals surface area contributed by atoms with Crippen molar-refractivity contribution in [3.8, 4) is 0 Å². The normalized spacial score (nSPS) is 13.5. The Balaban J connectivity index is 0.000000180. The molecule has 0 amide bonds. The van der Waals surface area contributed by atoms with Crippen molar-refractivity contribution in [2.75, 3.05) is 0 Å². The average molecular weight is 145 g/mol. The Kier molecular flexibility index (Phi) is 3.81. The highest BCUT2D eigenvalue weighted by molar-refractivity contribution is 5.71. The third-order valence-corrected chi connectivity index (χ3v) is 0.702. The molecule has 6 heteroatoms. The highest BCUT2D eigenvalue weighted by atomic mass is 16.9. The fraction of sp³-hybridized carbons (Fsp3) is 0.250. The number of rotatable bonds is 0. The molecular formula is C4H7N3O3. The maximum Gasteiger partial charge on any atom is 0.201 e. The van der Waals surface area contributed by atoms with E-state index in [1.165, 1.54) is 0 Å². The Hall–Kier alpha value is -1.43. The zero-order chi connectivity index (χ0) is 7.98. The summed E-state index contributed by atoms with van der Waals surface area (Å²) in [5, 5.41) is 16.7. The molecule has 1 aliphatic heterocycles. The van der Waals surface area contributed by atoms with Crippen molar-refractivity contribution in [3.63, 3.8) is 0 Å². The van der Waals surface area contributed by atoms with Gasteiger partial charge in [-0.05, 0) is 0 Å². The summed E-state index contributed by atoms with van der Waals surface area (Å²) < 4.78 is 0. The molecule has 0 spiro atoms. The van der Waals surface area contributed by atoms with Gasteiger partial charge in [-0.15, -0.1) is 0 Å². The van der Waals surface area contributed by atoms with E-state index in [1.54, 1.807) is 6.20 Å². The lowest BCUT2D eigenvalue weighted by Crippen LogP contribution is -2.79. The number of nitrogens with zero attached hydrogens (tertiary/aromatic N) is 2. The van der Waals surface area contributed by atoms with Crippen LogP contribution in [0.3, 0.4) is 0 Å². The summed E-state index contributed by atoms with van der Waals surface area (Å²) in [5.74, 6) is 1.09. The summed E-state index contributed by atoms with van der Waals surface area (Å²) in [7, 11) is 0. The zero-order valence-electron chi connectivity index (χ0n) is 5.35. The number of nitrogens with two attached hydrogens (primary N) is 1. The van der Waals surface area contributed by atoms with Crippen molar-refractivity contribution in [1.29, 1.82) is 0 Å². The van der Waals surface area contributed by atoms with Crippen molar-refractivity contribution in [1.82, 2.24) is 0 Å². The summed E-state index contributed by atoms with van der Waals surface area (Å²) in [5.41, 5.74) is 0. The predicted octanol–water partition coefficient (Wildman–Crippen LogP) is -0.786. The van der Waals surface area contributed by atoms with E-state index in [0.717, 1.165) is 5.84 Å². The SMILES string of the molecule is CC1=NC=C[NH2+]1.O=[N+]([O-])[O-]. The molecule has 0 radical (unpaired) electrons. The van der Waals surface area contributed by atoms with Crippen LogP contribution in [0.1, 0.15) is 6.92 Å². The lowest BCUT2D eigenvalue weighted by Gasteiger charge is -1.75. The second-order valence-electron chi connectivity index (χ2n) is 1.50. The fourth-order valence-electron chi connectivity index (χ4n) is 0.386. The molecule has 0 fully saturated rings. The van der Waals surface area contributed by atoms with Gasteiger partial charge in [0.05, 0.1) is 11.3 Å². The zero-order valence-corrected chi connectivity index (χ0v) is 5.35. The highest BCUT2D eigenvalue weighted by Crippen LogP contribution is 1.72. The van der Waals surface area contributed by atoms with Gasteiger partial charge < -0.3 is 15.3 Å². The van der Waals surface area contributed by atoms with Crippen molar-refractivity contribution in [2.24, 2.45) is 4.99 Å². The molecule has 0 saturated carbocycles. The van der Waals surface area contributed by atoms with Crippen LogP contribution < -0.4 is 5.32 Å². The minimum atomic E-state index is -1.75. The average Bonchev–Trinajstić information content (AvgIpc) is 2.15. The fourth-order valence-corrected chi connectivity index (χ4v) is 0.386. The summed E-state index contributed by atoms with van der Waals surface area (Å²) in [4.78, 5) is 12.2. The molecule has 0 aromatic heterocycles. The molecule has 0 atom stereocenters. The van der Waals surface area contributed by atoms with Gasteiger partial charge in [0.1, 0.15) is 6.20 Å². The van der Waals surface area contributed by atoms with Crippen LogP contribution in [-0.4, -0.2) is 10.9 Å². The van der Waals surface area contributed by atoms with Crippen LogP contribution in [-0.2, 0) is 0 Å². The number of aliphatic imine (C=N–C) groups is 1. The first kappa shape index (κ1) is 8.57. The van der Waals surface area contributed by atoms with Crippen LogP contribution in [0.2, 0.25) is 0 Å². The van der Waals surface area contributed by atoms with Gasteiger partial charge in [0.2, 0.25) is 5.84 Å². The molecule has 1 rings (SSSR count). The minimum absolute atomic E-state index is 1.09. The van der Waals surface area contributed by atoms with Crippen LogP contribution in [0, 0.1) is 15.3 Å². The summed E-state index contributed by atoms with van der Waals surface area (Å²) >= 11 is 0. The van der Waals surface area contributed by atoms with Crippen LogP contribution in [0.15, 0.2) is 17.4 Å². The van der Waals surface area contributed by atoms with E-state index in [2.05, 4.69) is 4.99 Å². The van der Waals surface area contributed by atoms with Gasteiger partial charge in [-0.1, -0.05) is 0 Å². The quantitative estimate of drug-likeness (QED) is 0.357. The Bertz CT molecular complexity index is 171. The first-order valence-corrected chi connectivity index (χ1v) is 2.48. The van der Waals surface area contributed by atoms with E-state index in [0.29, 0.717) is 0 Å². The number of hydrogen-bond donors (Lipinski definition) is 1. The van der Waals surface area contributed by atoms with Gasteiger partial charge in [-0.3, -0.25) is 5.32 Å². The molecule has 6 nitrogen and oxygen atoms in total. The highest BCUT2D eigenvalue weighted by Gasteiger charge is 1.92. The third kappa shape index (κ3) is 6.57. The molecule has 2 N–H and O–H groups in total. The van der Waals surface area contributed by atoms with Crippen molar-refractivity contribution < 1.29 is 10.4 Å². The van der Waals surface area contributed by atoms with Crippen LogP contribution in [0.25, 0.3) is 0 Å². The second kappa shape index (κ2) is 4.45. The smallest absolute Gasteiger partial charge is 0.201 e. The van der Waals surface area contributed by atoms with Crippen molar-refractivity contribution in [2.45, 2.75) is 6.92 Å². The van der Waals surface area contributed by atoms with E-state index in [9.17, 15) is 0 Å². The van der Waals surface area contributed by atoms with E-state index >= 15 is 0 Å². The Morgan fingerprint density at radius 2 is 2.20 bits per heavy atom. The Morgan fingerprint density at radius 3 is 2.30 bits per heavy atom. The molecule has 1 aliphatic rings. The van der Waals surface area contributed by atoms with Gasteiger partial charge in [-0.2, -0.15) is 0 Å². The molecule has 10 heavy (non-hydrogen) atoms. The van der Waals surface area contributed by atoms with Gasteiger partial charge in [0.25, 0.3) is 0 Å². The van der Waals surface area contributed by atoms with Crippen molar-refractivity contribution >= 4 is 5.84 Å². The molecule has 0 aromatic rings. The summed E-state index contributed by atoms with van der Waals surface area (Å²) in [6.45, 7) is 1.97. The van der Waals surface area contributed by atoms with Crippen LogP contribution in [0.4, 0.5) is 0 Å². The van der Waals surface area contributed by atoms with Gasteiger partial charge in [0.15, 0.2) is 0 Å². The molecule has 0 bridgehead atoms. The molecule has 0 saturated heterocycles. The number of hydrogen-bond acceptors (Lipinski definition) is 4. The lowest BCUT2D eigenvalue weighted by atomic mass is 10.7. The van der Waals surface area contributed by atoms with E-state index in [4.69, 9.17) is 15.3 Å². The molecule has 0 unspecified atom stereocenters. The van der Waals surface area contributed by atoms with E-state index in [-0.39, 0.29) is 0 Å². The first-order valence-electron chi connectivity index (χ1n) is 2.48. The number of quaternary nitrogens is 1. The van der Waals surface area contributed by atoms with Crippen LogP contribution in [0.5, 0.6) is 0 Å². The monoisotopic (exact) mass is 145 g/mol. The van der Waals surface area contributed by atoms with Gasteiger partial charge in [0, 0.05) is 6.92 Å². The third-order valence-electron chi connectivity index (χ3n) is 0.702. The van der Waals surface area contributed by atoms with Crippen molar-refractivity contribution in [3.05, 3.63) is 27.7 Å². The summed E-state index contributed by atoms with van der Waals surface area (Å²) in [6.07, 6.45) is 3.71. The van der Waals surface area contributed by atoms with Crippen LogP contribution >= 0.6 is 0 Å². The van der Waals surface area contributed by atoms with E-state index < -0.39 is 5.09 Å². The maximum absolute atomic E-state index is 8.25. The number of amidine groups is 1. The molecular weight excluding hydrogens is 138 g/mol. The largest absolute Gasteiger partial charge is 0.356 e. The van der Waals surface area contributed by atoms with Gasteiger partial charge >= 0.3 is 0 Å². The molecule has 0 aliphatic carbocycles. The minimum Gasteiger partial charge on any atom is -0.356 e. The standard InChI is InChI=1S/C4H6N2.NO3/c1-4-5-2-3-6-4;2-1(3)4/h2-3H,1H3,(H,5,6);/q;-1/p+1. The maximum atomic E-state index is 8.25. The first-order chi connectivity index (χ1) is 4.63. The molecule has 1 heterocycles. The predicted molar refractivity (Wildman–Crippen MR) is 34.5 cm³/mol. The molecule has 0 aromatic carbocycles. The molecule has 56 valence electrons. The second-order valence-corrected chi connectivity index (χ2v) is 1.50. The Morgan fingerprint density at radius 1 is 1.70 bits per heavy atom. The topological polar surface area (TPSA) is 95.2 Å². The Labute approximate surface area is 57.0 Å². The summed E-state index contributed by atoms with van der Waals surface area (Å²) in [6, 6.07) is 0. The van der Waals surface area contributed by atoms with E-state index in [1.807, 2.05) is 18.4 Å².